The summed E-state index contributed by atoms with van der Waals surface area (Å²) in [6, 6.07) is 0.297. The average Bonchev–Trinajstić information content (AvgIpc) is 2.72. The van der Waals surface area contributed by atoms with Crippen LogP contribution in [0.5, 0.6) is 0 Å². The molecule has 0 spiro atoms. The molecule has 17 heavy (non-hydrogen) atoms. The van der Waals surface area contributed by atoms with Gasteiger partial charge in [-0.1, -0.05) is 32.0 Å². The van der Waals surface area contributed by atoms with E-state index >= 15 is 0 Å². The maximum atomic E-state index is 12.1. The molecule has 1 aliphatic carbocycles. The van der Waals surface area contributed by atoms with Gasteiger partial charge in [-0.15, -0.1) is 0 Å². The highest BCUT2D eigenvalue weighted by Crippen LogP contribution is 2.28. The van der Waals surface area contributed by atoms with Crippen molar-refractivity contribution in [2.24, 2.45) is 11.7 Å². The van der Waals surface area contributed by atoms with Crippen LogP contribution in [-0.4, -0.2) is 28.4 Å². The Morgan fingerprint density at radius 2 is 2.29 bits per heavy atom. The number of thioether (sulfide) groups is 1. The topological polar surface area (TPSA) is 55.1 Å². The molecule has 3 nitrogen and oxygen atoms in total. The first-order valence-electron chi connectivity index (χ1n) is 6.22. The van der Waals surface area contributed by atoms with Crippen LogP contribution in [0.25, 0.3) is 0 Å². The summed E-state index contributed by atoms with van der Waals surface area (Å²) in [6.45, 7) is 2.04. The predicted octanol–water partition coefficient (Wildman–Crippen LogP) is 2.09. The third-order valence-electron chi connectivity index (χ3n) is 3.32. The largest absolute Gasteiger partial charge is 0.393 e. The highest BCUT2D eigenvalue weighted by atomic mass is 32.2. The number of carbonyl (C=O) groups is 1. The summed E-state index contributed by atoms with van der Waals surface area (Å²) in [5.74, 6) is -0.275. The van der Waals surface area contributed by atoms with Gasteiger partial charge in [0.2, 0.25) is 5.91 Å². The van der Waals surface area contributed by atoms with Crippen molar-refractivity contribution in [2.45, 2.75) is 50.3 Å². The van der Waals surface area contributed by atoms with Crippen molar-refractivity contribution in [2.75, 3.05) is 6.26 Å². The monoisotopic (exact) mass is 274 g/mol. The normalized spacial score (nSPS) is 25.5. The van der Waals surface area contributed by atoms with Gasteiger partial charge < -0.3 is 11.1 Å². The molecule has 1 fully saturated rings. The number of nitrogens with one attached hydrogen (secondary N) is 1. The zero-order valence-corrected chi connectivity index (χ0v) is 12.2. The molecule has 0 aliphatic heterocycles. The average molecular weight is 274 g/mol. The van der Waals surface area contributed by atoms with E-state index in [1.54, 1.807) is 0 Å². The van der Waals surface area contributed by atoms with Crippen LogP contribution >= 0.6 is 24.0 Å². The highest BCUT2D eigenvalue weighted by Gasteiger charge is 2.30. The van der Waals surface area contributed by atoms with Crippen molar-refractivity contribution in [3.8, 4) is 0 Å². The third-order valence-corrected chi connectivity index (χ3v) is 4.77. The Labute approximate surface area is 113 Å². The molecule has 5 heteroatoms. The minimum atomic E-state index is -0.293. The zero-order valence-electron chi connectivity index (χ0n) is 10.6. The first kappa shape index (κ1) is 14.8. The highest BCUT2D eigenvalue weighted by molar-refractivity contribution is 7.99. The van der Waals surface area contributed by atoms with Gasteiger partial charge in [-0.2, -0.15) is 11.8 Å². The molecule has 0 radical (unpaired) electrons. The van der Waals surface area contributed by atoms with Crippen LogP contribution in [0.2, 0.25) is 0 Å². The maximum Gasteiger partial charge on any atom is 0.230 e. The molecule has 3 unspecified atom stereocenters. The number of thiocarbonyl (C=S) groups is 1. The van der Waals surface area contributed by atoms with Crippen molar-refractivity contribution in [3.05, 3.63) is 0 Å². The van der Waals surface area contributed by atoms with E-state index < -0.39 is 0 Å². The van der Waals surface area contributed by atoms with Crippen LogP contribution in [0, 0.1) is 5.92 Å². The molecule has 0 aromatic heterocycles. The van der Waals surface area contributed by atoms with Gasteiger partial charge in [-0.25, -0.2) is 0 Å². The van der Waals surface area contributed by atoms with E-state index in [0.717, 1.165) is 19.3 Å². The van der Waals surface area contributed by atoms with Crippen LogP contribution in [-0.2, 0) is 4.79 Å². The second kappa shape index (κ2) is 7.21. The second-order valence-electron chi connectivity index (χ2n) is 4.56. The van der Waals surface area contributed by atoms with E-state index in [4.69, 9.17) is 18.0 Å². The van der Waals surface area contributed by atoms with Gasteiger partial charge in [0, 0.05) is 11.3 Å². The standard InChI is InChI=1S/C12H22N2OS2/c1-3-5-8(11(13)16)12(15)14-9-6-4-7-10(9)17-2/h8-10H,3-7H2,1-2H3,(H2,13,16)(H,14,15). The molecule has 3 N–H and O–H groups in total. The van der Waals surface area contributed by atoms with Gasteiger partial charge in [0.25, 0.3) is 0 Å². The second-order valence-corrected chi connectivity index (χ2v) is 6.11. The minimum absolute atomic E-state index is 0.0188. The Kier molecular flexibility index (Phi) is 6.27. The molecule has 98 valence electrons. The lowest BCUT2D eigenvalue weighted by Gasteiger charge is -2.22. The van der Waals surface area contributed by atoms with Crippen molar-refractivity contribution in [1.29, 1.82) is 0 Å². The molecule has 1 rings (SSSR count). The predicted molar refractivity (Wildman–Crippen MR) is 78.3 cm³/mol. The fourth-order valence-electron chi connectivity index (χ4n) is 2.35. The summed E-state index contributed by atoms with van der Waals surface area (Å²) in [7, 11) is 0. The Morgan fingerprint density at radius 1 is 1.59 bits per heavy atom. The van der Waals surface area contributed by atoms with Crippen LogP contribution in [0.1, 0.15) is 39.0 Å². The fourth-order valence-corrected chi connectivity index (χ4v) is 3.51. The quantitative estimate of drug-likeness (QED) is 0.728. The summed E-state index contributed by atoms with van der Waals surface area (Å²) in [6.07, 6.45) is 7.24. The molecule has 3 atom stereocenters. The Balaban J connectivity index is 2.54. The third kappa shape index (κ3) is 4.14. The van der Waals surface area contributed by atoms with E-state index in [1.165, 1.54) is 12.8 Å². The van der Waals surface area contributed by atoms with Crippen molar-refractivity contribution < 1.29 is 4.79 Å². The van der Waals surface area contributed by atoms with Gasteiger partial charge in [0.05, 0.1) is 10.9 Å². The molecule has 0 aromatic carbocycles. The van der Waals surface area contributed by atoms with Crippen LogP contribution in [0.15, 0.2) is 0 Å². The van der Waals surface area contributed by atoms with E-state index in [2.05, 4.69) is 11.6 Å². The fraction of sp³-hybridized carbons (Fsp3) is 0.833. The lowest BCUT2D eigenvalue weighted by Crippen LogP contribution is -2.45. The smallest absolute Gasteiger partial charge is 0.230 e. The Morgan fingerprint density at radius 3 is 2.82 bits per heavy atom. The number of carbonyl (C=O) groups excluding carboxylic acids is 1. The first-order valence-corrected chi connectivity index (χ1v) is 7.92. The lowest BCUT2D eigenvalue weighted by molar-refractivity contribution is -0.123. The molecular formula is C12H22N2OS2. The van der Waals surface area contributed by atoms with E-state index in [1.807, 2.05) is 18.7 Å². The Hall–Kier alpha value is -0.290. The first-order chi connectivity index (χ1) is 8.10. The van der Waals surface area contributed by atoms with Crippen LogP contribution < -0.4 is 11.1 Å². The molecule has 1 amide bonds. The molecule has 0 heterocycles. The van der Waals surface area contributed by atoms with Gasteiger partial charge in [-0.05, 0) is 25.5 Å². The van der Waals surface area contributed by atoms with Crippen molar-refractivity contribution >= 4 is 34.9 Å². The minimum Gasteiger partial charge on any atom is -0.393 e. The number of amides is 1. The molecule has 1 saturated carbocycles. The number of nitrogens with two attached hydrogens (primary N) is 1. The van der Waals surface area contributed by atoms with Gasteiger partial charge in [-0.3, -0.25) is 4.79 Å². The van der Waals surface area contributed by atoms with Gasteiger partial charge in [0.1, 0.15) is 0 Å². The number of hydrogen-bond acceptors (Lipinski definition) is 3. The number of rotatable bonds is 6. The Bertz CT molecular complexity index is 284. The zero-order chi connectivity index (χ0) is 12.8. The van der Waals surface area contributed by atoms with E-state index in [-0.39, 0.29) is 11.8 Å². The van der Waals surface area contributed by atoms with Crippen molar-refractivity contribution in [1.82, 2.24) is 5.32 Å². The van der Waals surface area contributed by atoms with Crippen LogP contribution in [0.4, 0.5) is 0 Å². The molecule has 0 saturated heterocycles. The van der Waals surface area contributed by atoms with E-state index in [0.29, 0.717) is 16.3 Å². The molecule has 1 aliphatic rings. The van der Waals surface area contributed by atoms with Crippen LogP contribution in [0.3, 0.4) is 0 Å². The number of hydrogen-bond donors (Lipinski definition) is 2. The maximum absolute atomic E-state index is 12.1. The van der Waals surface area contributed by atoms with Gasteiger partial charge in [0.15, 0.2) is 0 Å². The molecule has 0 bridgehead atoms. The van der Waals surface area contributed by atoms with Gasteiger partial charge >= 0.3 is 0 Å². The lowest BCUT2D eigenvalue weighted by atomic mass is 10.0. The van der Waals surface area contributed by atoms with E-state index in [9.17, 15) is 4.79 Å². The summed E-state index contributed by atoms with van der Waals surface area (Å²) in [5.41, 5.74) is 5.63. The summed E-state index contributed by atoms with van der Waals surface area (Å²) >= 11 is 6.81. The summed E-state index contributed by atoms with van der Waals surface area (Å²) < 4.78 is 0. The summed E-state index contributed by atoms with van der Waals surface area (Å²) in [4.78, 5) is 12.4. The summed E-state index contributed by atoms with van der Waals surface area (Å²) in [5, 5.41) is 3.67. The molecule has 0 aromatic rings. The molecular weight excluding hydrogens is 252 g/mol. The van der Waals surface area contributed by atoms with Crippen molar-refractivity contribution in [3.63, 3.8) is 0 Å². The SMILES string of the molecule is CCCC(C(=O)NC1CCCC1SC)C(N)=S.